The maximum atomic E-state index is 12.5. The monoisotopic (exact) mass is 450 g/mol. The van der Waals surface area contributed by atoms with E-state index in [9.17, 15) is 13.5 Å². The van der Waals surface area contributed by atoms with E-state index in [2.05, 4.69) is 0 Å². The lowest BCUT2D eigenvalue weighted by Crippen LogP contribution is -2.50. The molecule has 0 unspecified atom stereocenters. The number of aliphatic hydroxyl groups excluding tert-OH is 1. The number of piperazine rings is 1. The summed E-state index contributed by atoms with van der Waals surface area (Å²) < 4.78 is 32.4. The Balaban J connectivity index is 1.47. The molecule has 1 atom stereocenters. The van der Waals surface area contributed by atoms with E-state index in [1.54, 1.807) is 35.7 Å². The van der Waals surface area contributed by atoms with Gasteiger partial charge in [-0.3, -0.25) is 4.90 Å². The standard InChI is InChI=1S/C17H20Cl2N2O4S2/c18-13-3-4-15(19)16(10-13)25-12-14(22)11-20-5-7-21(8-6-20)27(23,24)17-2-1-9-26-17/h1-4,9-10,14,22H,5-8,11-12H2/t14-/m0/s1. The van der Waals surface area contributed by atoms with Crippen molar-refractivity contribution in [3.8, 4) is 5.75 Å². The molecule has 0 amide bonds. The Hall–Kier alpha value is -0.870. The molecule has 1 saturated heterocycles. The molecule has 27 heavy (non-hydrogen) atoms. The molecular formula is C17H20Cl2N2O4S2. The number of hydrogen-bond acceptors (Lipinski definition) is 6. The van der Waals surface area contributed by atoms with Gasteiger partial charge in [-0.15, -0.1) is 11.3 Å². The minimum absolute atomic E-state index is 0.0772. The summed E-state index contributed by atoms with van der Waals surface area (Å²) in [7, 11) is -3.41. The minimum Gasteiger partial charge on any atom is -0.489 e. The van der Waals surface area contributed by atoms with E-state index >= 15 is 0 Å². The molecule has 0 aliphatic carbocycles. The van der Waals surface area contributed by atoms with E-state index in [-0.39, 0.29) is 6.61 Å². The van der Waals surface area contributed by atoms with Gasteiger partial charge in [0.25, 0.3) is 10.0 Å². The van der Waals surface area contributed by atoms with Crippen LogP contribution in [-0.4, -0.2) is 68.2 Å². The van der Waals surface area contributed by atoms with E-state index in [0.717, 1.165) is 0 Å². The van der Waals surface area contributed by atoms with Crippen molar-refractivity contribution in [2.45, 2.75) is 10.3 Å². The Morgan fingerprint density at radius 2 is 1.93 bits per heavy atom. The van der Waals surface area contributed by atoms with Gasteiger partial charge in [-0.1, -0.05) is 29.3 Å². The second kappa shape index (κ2) is 9.09. The van der Waals surface area contributed by atoms with E-state index in [1.165, 1.54) is 15.6 Å². The largest absolute Gasteiger partial charge is 0.489 e. The summed E-state index contributed by atoms with van der Waals surface area (Å²) in [5.41, 5.74) is 0. The molecule has 1 aliphatic rings. The van der Waals surface area contributed by atoms with Crippen molar-refractivity contribution in [3.63, 3.8) is 0 Å². The number of aliphatic hydroxyl groups is 1. The molecule has 3 rings (SSSR count). The quantitative estimate of drug-likeness (QED) is 0.701. The molecule has 10 heteroatoms. The van der Waals surface area contributed by atoms with E-state index in [1.807, 2.05) is 4.90 Å². The Morgan fingerprint density at radius 3 is 2.59 bits per heavy atom. The summed E-state index contributed by atoms with van der Waals surface area (Å²) in [6.45, 7) is 2.37. The van der Waals surface area contributed by atoms with Crippen LogP contribution in [0.2, 0.25) is 10.0 Å². The van der Waals surface area contributed by atoms with Gasteiger partial charge in [0, 0.05) is 43.8 Å². The first-order valence-electron chi connectivity index (χ1n) is 8.38. The lowest BCUT2D eigenvalue weighted by molar-refractivity contribution is 0.0569. The summed E-state index contributed by atoms with van der Waals surface area (Å²) in [5, 5.41) is 12.9. The molecule has 0 spiro atoms. The van der Waals surface area contributed by atoms with Crippen LogP contribution < -0.4 is 4.74 Å². The first-order chi connectivity index (χ1) is 12.9. The average molecular weight is 451 g/mol. The molecular weight excluding hydrogens is 431 g/mol. The molecule has 2 aromatic rings. The van der Waals surface area contributed by atoms with Crippen LogP contribution in [0.4, 0.5) is 0 Å². The van der Waals surface area contributed by atoms with Gasteiger partial charge in [0.15, 0.2) is 0 Å². The van der Waals surface area contributed by atoms with Crippen molar-refractivity contribution in [2.75, 3.05) is 39.3 Å². The first-order valence-corrected chi connectivity index (χ1v) is 11.5. The topological polar surface area (TPSA) is 70.1 Å². The summed E-state index contributed by atoms with van der Waals surface area (Å²) in [5.74, 6) is 0.426. The molecule has 148 valence electrons. The zero-order chi connectivity index (χ0) is 19.4. The molecule has 1 fully saturated rings. The highest BCUT2D eigenvalue weighted by atomic mass is 35.5. The van der Waals surface area contributed by atoms with Crippen molar-refractivity contribution < 1.29 is 18.3 Å². The lowest BCUT2D eigenvalue weighted by Gasteiger charge is -2.34. The third kappa shape index (κ3) is 5.35. The van der Waals surface area contributed by atoms with Crippen molar-refractivity contribution in [2.24, 2.45) is 0 Å². The fourth-order valence-electron chi connectivity index (χ4n) is 2.81. The zero-order valence-corrected chi connectivity index (χ0v) is 17.6. The number of hydrogen-bond donors (Lipinski definition) is 1. The predicted octanol–water partition coefficient (Wildman–Crippen LogP) is 2.80. The Kier molecular flexibility index (Phi) is 7.02. The number of benzene rings is 1. The second-order valence-electron chi connectivity index (χ2n) is 6.18. The SMILES string of the molecule is O=S(=O)(c1cccs1)N1CCN(C[C@H](O)COc2cc(Cl)ccc2Cl)CC1. The number of β-amino-alcohol motifs (C(OH)–C–C–N with tert-alkyl or cyclic N) is 1. The third-order valence-corrected chi connectivity index (χ3v) is 8.03. The van der Waals surface area contributed by atoms with Gasteiger partial charge < -0.3 is 9.84 Å². The number of rotatable bonds is 7. The smallest absolute Gasteiger partial charge is 0.252 e. The number of nitrogens with zero attached hydrogens (tertiary/aromatic N) is 2. The molecule has 1 aromatic heterocycles. The molecule has 0 radical (unpaired) electrons. The normalized spacial score (nSPS) is 17.7. The van der Waals surface area contributed by atoms with Crippen LogP contribution in [0.3, 0.4) is 0 Å². The summed E-state index contributed by atoms with van der Waals surface area (Å²) in [6.07, 6.45) is -0.722. The van der Waals surface area contributed by atoms with Crippen LogP contribution in [0.5, 0.6) is 5.75 Å². The number of halogens is 2. The Bertz CT molecular complexity index is 854. The molecule has 1 N–H and O–H groups in total. The van der Waals surface area contributed by atoms with Crippen LogP contribution in [0.1, 0.15) is 0 Å². The highest BCUT2D eigenvalue weighted by Crippen LogP contribution is 2.28. The molecule has 0 saturated carbocycles. The third-order valence-electron chi connectivity index (χ3n) is 4.21. The van der Waals surface area contributed by atoms with Crippen molar-refractivity contribution >= 4 is 44.6 Å². The van der Waals surface area contributed by atoms with Crippen LogP contribution in [0, 0.1) is 0 Å². The fourth-order valence-corrected chi connectivity index (χ4v) is 5.72. The van der Waals surface area contributed by atoms with Gasteiger partial charge in [-0.2, -0.15) is 4.31 Å². The molecule has 1 aliphatic heterocycles. The number of ether oxygens (including phenoxy) is 1. The van der Waals surface area contributed by atoms with Gasteiger partial charge in [-0.05, 0) is 23.6 Å². The van der Waals surface area contributed by atoms with Crippen molar-refractivity contribution in [3.05, 3.63) is 45.8 Å². The highest BCUT2D eigenvalue weighted by molar-refractivity contribution is 7.91. The summed E-state index contributed by atoms with van der Waals surface area (Å²) in [6, 6.07) is 8.26. The zero-order valence-electron chi connectivity index (χ0n) is 14.4. The van der Waals surface area contributed by atoms with Gasteiger partial charge >= 0.3 is 0 Å². The average Bonchev–Trinajstić information content (AvgIpc) is 3.18. The van der Waals surface area contributed by atoms with Gasteiger partial charge in [-0.25, -0.2) is 8.42 Å². The van der Waals surface area contributed by atoms with Crippen LogP contribution in [0.15, 0.2) is 39.9 Å². The summed E-state index contributed by atoms with van der Waals surface area (Å²) >= 11 is 13.2. The summed E-state index contributed by atoms with van der Waals surface area (Å²) in [4.78, 5) is 2.02. The maximum Gasteiger partial charge on any atom is 0.252 e. The predicted molar refractivity (Wildman–Crippen MR) is 107 cm³/mol. The minimum atomic E-state index is -3.41. The maximum absolute atomic E-state index is 12.5. The Labute approximate surface area is 172 Å². The first kappa shape index (κ1) is 20.9. The van der Waals surface area contributed by atoms with E-state index < -0.39 is 16.1 Å². The number of sulfonamides is 1. The van der Waals surface area contributed by atoms with Crippen molar-refractivity contribution in [1.82, 2.24) is 9.21 Å². The molecule has 0 bridgehead atoms. The fraction of sp³-hybridized carbons (Fsp3) is 0.412. The van der Waals surface area contributed by atoms with Gasteiger partial charge in [0.05, 0.1) is 5.02 Å². The Morgan fingerprint density at radius 1 is 1.19 bits per heavy atom. The van der Waals surface area contributed by atoms with E-state index in [0.29, 0.717) is 52.7 Å². The van der Waals surface area contributed by atoms with Gasteiger partial charge in [0.1, 0.15) is 22.7 Å². The van der Waals surface area contributed by atoms with Crippen LogP contribution in [-0.2, 0) is 10.0 Å². The van der Waals surface area contributed by atoms with Gasteiger partial charge in [0.2, 0.25) is 0 Å². The van der Waals surface area contributed by atoms with Crippen LogP contribution >= 0.6 is 34.5 Å². The van der Waals surface area contributed by atoms with E-state index in [4.69, 9.17) is 27.9 Å². The van der Waals surface area contributed by atoms with Crippen molar-refractivity contribution in [1.29, 1.82) is 0 Å². The second-order valence-corrected chi connectivity index (χ2v) is 10.1. The lowest BCUT2D eigenvalue weighted by atomic mass is 10.3. The molecule has 1 aromatic carbocycles. The molecule has 2 heterocycles. The highest BCUT2D eigenvalue weighted by Gasteiger charge is 2.29. The molecule has 6 nitrogen and oxygen atoms in total. The number of thiophene rings is 1. The van der Waals surface area contributed by atoms with Crippen LogP contribution in [0.25, 0.3) is 0 Å².